The lowest BCUT2D eigenvalue weighted by Gasteiger charge is -2.20. The van der Waals surface area contributed by atoms with Gasteiger partial charge in [0.05, 0.1) is 15.1 Å². The molecule has 0 radical (unpaired) electrons. The van der Waals surface area contributed by atoms with Crippen LogP contribution in [0.3, 0.4) is 0 Å². The molecule has 9 heteroatoms. The summed E-state index contributed by atoms with van der Waals surface area (Å²) in [6.45, 7) is 8.49. The van der Waals surface area contributed by atoms with Crippen molar-refractivity contribution in [3.63, 3.8) is 0 Å². The summed E-state index contributed by atoms with van der Waals surface area (Å²) in [4.78, 5) is 13.0. The monoisotopic (exact) mass is 397 g/mol. The van der Waals surface area contributed by atoms with Crippen LogP contribution in [-0.4, -0.2) is 31.6 Å². The van der Waals surface area contributed by atoms with Gasteiger partial charge in [0.25, 0.3) is 0 Å². The average Bonchev–Trinajstić information content (AvgIpc) is 2.74. The van der Waals surface area contributed by atoms with Crippen molar-refractivity contribution >= 4 is 57.3 Å². The number of nitrogens with one attached hydrogen (secondary N) is 1. The van der Waals surface area contributed by atoms with Crippen molar-refractivity contribution in [1.29, 1.82) is 0 Å². The third-order valence-electron chi connectivity index (χ3n) is 2.77. The zero-order valence-electron chi connectivity index (χ0n) is 14.1. The number of ether oxygens (including phenoxy) is 1. The summed E-state index contributed by atoms with van der Waals surface area (Å²) in [5, 5.41) is 2.02. The molecule has 0 aromatic carbocycles. The van der Waals surface area contributed by atoms with Crippen molar-refractivity contribution in [2.24, 2.45) is 0 Å². The summed E-state index contributed by atoms with van der Waals surface area (Å²) in [5.74, 6) is 0.330. The molecular formula is C14H23NO4S4. The molecule has 0 saturated carbocycles. The molecule has 0 spiro atoms. The van der Waals surface area contributed by atoms with Crippen molar-refractivity contribution in [3.8, 4) is 0 Å². The van der Waals surface area contributed by atoms with Crippen LogP contribution in [0, 0.1) is 0 Å². The van der Waals surface area contributed by atoms with Gasteiger partial charge in [0, 0.05) is 10.6 Å². The molecular weight excluding hydrogens is 374 g/mol. The van der Waals surface area contributed by atoms with Gasteiger partial charge in [-0.1, -0.05) is 0 Å². The fourth-order valence-corrected chi connectivity index (χ4v) is 6.02. The lowest BCUT2D eigenvalue weighted by molar-refractivity contribution is 0.0635. The van der Waals surface area contributed by atoms with Gasteiger partial charge >= 0.3 is 6.09 Å². The van der Waals surface area contributed by atoms with Gasteiger partial charge in [-0.3, -0.25) is 5.32 Å². The lowest BCUT2D eigenvalue weighted by atomic mass is 10.2. The molecule has 0 bridgehead atoms. The fourth-order valence-electron chi connectivity index (χ4n) is 1.71. The highest BCUT2D eigenvalue weighted by Gasteiger charge is 2.32. The van der Waals surface area contributed by atoms with Crippen LogP contribution in [0.1, 0.15) is 39.5 Å². The Bertz CT molecular complexity index is 672. The SMILES string of the molecule is CSc1sc(CS)c(NC(=O)OC(C)(C)C)c1S(=O)(=O)C(C)C. The Kier molecular flexibility index (Phi) is 6.89. The number of rotatable bonds is 5. The van der Waals surface area contributed by atoms with Crippen LogP contribution in [0.4, 0.5) is 10.5 Å². The Morgan fingerprint density at radius 3 is 2.35 bits per heavy atom. The standard InChI is InChI=1S/C14H23NO4S4/c1-8(2)23(17,18)11-10(9(7-20)22-12(11)21-6)15-13(16)19-14(3,4)5/h8,20H,7H2,1-6H3,(H,15,16). The number of carbonyl (C=O) groups excluding carboxylic acids is 1. The molecule has 0 fully saturated rings. The molecule has 1 heterocycles. The molecule has 132 valence electrons. The molecule has 1 amide bonds. The summed E-state index contributed by atoms with van der Waals surface area (Å²) in [7, 11) is -3.54. The largest absolute Gasteiger partial charge is 0.444 e. The number of sulfone groups is 1. The maximum Gasteiger partial charge on any atom is 0.412 e. The van der Waals surface area contributed by atoms with Crippen LogP contribution in [0.5, 0.6) is 0 Å². The molecule has 23 heavy (non-hydrogen) atoms. The highest BCUT2D eigenvalue weighted by atomic mass is 32.2. The molecule has 0 aliphatic rings. The molecule has 0 unspecified atom stereocenters. The first kappa shape index (κ1) is 20.7. The van der Waals surface area contributed by atoms with Gasteiger partial charge in [-0.05, 0) is 40.9 Å². The van der Waals surface area contributed by atoms with E-state index in [1.807, 2.05) is 6.26 Å². The summed E-state index contributed by atoms with van der Waals surface area (Å²) in [6.07, 6.45) is 1.14. The second-order valence-corrected chi connectivity index (χ2v) is 11.0. The van der Waals surface area contributed by atoms with Crippen molar-refractivity contribution in [2.75, 3.05) is 11.6 Å². The van der Waals surface area contributed by atoms with Crippen LogP contribution in [0.25, 0.3) is 0 Å². The van der Waals surface area contributed by atoms with E-state index in [1.54, 1.807) is 34.6 Å². The molecule has 1 rings (SSSR count). The van der Waals surface area contributed by atoms with Crippen LogP contribution in [0.15, 0.2) is 9.10 Å². The minimum Gasteiger partial charge on any atom is -0.444 e. The second-order valence-electron chi connectivity index (χ2n) is 6.10. The van der Waals surface area contributed by atoms with Crippen LogP contribution in [-0.2, 0) is 20.3 Å². The molecule has 1 aromatic heterocycles. The Morgan fingerprint density at radius 2 is 1.96 bits per heavy atom. The normalized spacial score (nSPS) is 12.5. The molecule has 5 nitrogen and oxygen atoms in total. The van der Waals surface area contributed by atoms with E-state index in [0.29, 0.717) is 14.8 Å². The van der Waals surface area contributed by atoms with E-state index in [9.17, 15) is 13.2 Å². The van der Waals surface area contributed by atoms with Gasteiger partial charge in [-0.2, -0.15) is 12.6 Å². The lowest BCUT2D eigenvalue weighted by Crippen LogP contribution is -2.28. The quantitative estimate of drug-likeness (QED) is 0.568. The van der Waals surface area contributed by atoms with Gasteiger partial charge in [-0.25, -0.2) is 13.2 Å². The van der Waals surface area contributed by atoms with Crippen LogP contribution >= 0.6 is 35.7 Å². The van der Waals surface area contributed by atoms with Crippen molar-refractivity contribution in [3.05, 3.63) is 4.88 Å². The smallest absolute Gasteiger partial charge is 0.412 e. The number of thiol groups is 1. The van der Waals surface area contributed by atoms with Gasteiger partial charge in [-0.15, -0.1) is 23.1 Å². The number of hydrogen-bond acceptors (Lipinski definition) is 7. The number of thioether (sulfide) groups is 1. The van der Waals surface area contributed by atoms with Crippen molar-refractivity contribution < 1.29 is 17.9 Å². The third kappa shape index (κ3) is 5.04. The Balaban J connectivity index is 3.40. The Hall–Kier alpha value is -0.380. The van der Waals surface area contributed by atoms with Crippen molar-refractivity contribution in [2.45, 2.75) is 60.3 Å². The van der Waals surface area contributed by atoms with Crippen LogP contribution < -0.4 is 5.32 Å². The fraction of sp³-hybridized carbons (Fsp3) is 0.643. The Morgan fingerprint density at radius 1 is 1.39 bits per heavy atom. The number of hydrogen-bond donors (Lipinski definition) is 2. The molecule has 0 aliphatic carbocycles. The van der Waals surface area contributed by atoms with E-state index < -0.39 is 26.8 Å². The summed E-state index contributed by atoms with van der Waals surface area (Å²) < 4.78 is 31.3. The number of amides is 1. The second kappa shape index (κ2) is 7.67. The van der Waals surface area contributed by atoms with Gasteiger partial charge in [0.15, 0.2) is 9.84 Å². The molecule has 0 atom stereocenters. The Labute approximate surface area is 151 Å². The highest BCUT2D eigenvalue weighted by Crippen LogP contribution is 2.44. The zero-order chi connectivity index (χ0) is 18.0. The van der Waals surface area contributed by atoms with Gasteiger partial charge in [0.1, 0.15) is 10.5 Å². The van der Waals surface area contributed by atoms with Crippen molar-refractivity contribution in [1.82, 2.24) is 0 Å². The topological polar surface area (TPSA) is 72.5 Å². The zero-order valence-corrected chi connectivity index (χ0v) is 17.4. The maximum atomic E-state index is 12.7. The first-order chi connectivity index (χ1) is 10.4. The van der Waals surface area contributed by atoms with E-state index in [-0.39, 0.29) is 10.6 Å². The van der Waals surface area contributed by atoms with E-state index in [0.717, 1.165) is 0 Å². The molecule has 1 aromatic rings. The minimum atomic E-state index is -3.54. The van der Waals surface area contributed by atoms with Gasteiger partial charge < -0.3 is 4.74 Å². The molecule has 0 saturated heterocycles. The van der Waals surface area contributed by atoms with E-state index in [1.165, 1.54) is 23.1 Å². The van der Waals surface area contributed by atoms with E-state index >= 15 is 0 Å². The number of anilines is 1. The summed E-state index contributed by atoms with van der Waals surface area (Å²) >= 11 is 6.92. The maximum absolute atomic E-state index is 12.7. The predicted octanol–water partition coefficient (Wildman–Crippen LogP) is 4.43. The van der Waals surface area contributed by atoms with E-state index in [4.69, 9.17) is 4.74 Å². The first-order valence-electron chi connectivity index (χ1n) is 6.98. The third-order valence-corrected chi connectivity index (χ3v) is 8.08. The van der Waals surface area contributed by atoms with Crippen LogP contribution in [0.2, 0.25) is 0 Å². The van der Waals surface area contributed by atoms with E-state index in [2.05, 4.69) is 17.9 Å². The summed E-state index contributed by atoms with van der Waals surface area (Å²) in [6, 6.07) is 0. The highest BCUT2D eigenvalue weighted by molar-refractivity contribution is 8.01. The predicted molar refractivity (Wildman–Crippen MR) is 101 cm³/mol. The molecule has 0 aliphatic heterocycles. The number of thiophene rings is 1. The summed E-state index contributed by atoms with van der Waals surface area (Å²) in [5.41, 5.74) is -0.377. The average molecular weight is 398 g/mol. The minimum absolute atomic E-state index is 0.167. The molecule has 1 N–H and O–H groups in total. The van der Waals surface area contributed by atoms with Gasteiger partial charge in [0.2, 0.25) is 0 Å². The first-order valence-corrected chi connectivity index (χ1v) is 11.2. The number of carbonyl (C=O) groups is 1.